The molecule has 500 valence electrons. The molecule has 0 bridgehead atoms. The molecule has 0 aliphatic heterocycles. The van der Waals surface area contributed by atoms with Crippen LogP contribution < -0.4 is 87.6 Å². The molecule has 1 heterocycles. The number of rotatable bonds is 38. The third-order valence-electron chi connectivity index (χ3n) is 14.3. The Morgan fingerprint density at radius 2 is 0.857 bits per heavy atom. The molecule has 32 heteroatoms. The summed E-state index contributed by atoms with van der Waals surface area (Å²) >= 11 is 0. The van der Waals surface area contributed by atoms with Crippen LogP contribution in [0.15, 0.2) is 70.8 Å². The predicted octanol–water partition coefficient (Wildman–Crippen LogP) is -4.17. The maximum absolute atomic E-state index is 14.2. The molecule has 10 atom stereocenters. The van der Waals surface area contributed by atoms with Crippen LogP contribution in [-0.4, -0.2) is 173 Å². The van der Waals surface area contributed by atoms with E-state index in [2.05, 4.69) is 68.1 Å². The molecule has 3 rings (SSSR count). The summed E-state index contributed by atoms with van der Waals surface area (Å²) in [7, 11) is 0. The van der Waals surface area contributed by atoms with E-state index in [1.807, 2.05) is 0 Å². The van der Waals surface area contributed by atoms with Gasteiger partial charge in [-0.15, -0.1) is 0 Å². The highest BCUT2D eigenvalue weighted by molar-refractivity contribution is 5.99. The number of H-pyrrole nitrogens is 1. The Kier molecular flexibility index (Phi) is 30.8. The molecule has 0 aliphatic carbocycles. The molecule has 24 N–H and O–H groups in total. The zero-order valence-corrected chi connectivity index (χ0v) is 52.6. The van der Waals surface area contributed by atoms with Crippen molar-refractivity contribution in [3.63, 3.8) is 0 Å². The van der Waals surface area contributed by atoms with Crippen molar-refractivity contribution in [3.8, 4) is 0 Å². The minimum absolute atomic E-state index is 0.0329. The number of nitrogens with one attached hydrogen (secondary N) is 11. The van der Waals surface area contributed by atoms with E-state index in [0.29, 0.717) is 22.0 Å². The van der Waals surface area contributed by atoms with Gasteiger partial charge in [0.15, 0.2) is 11.9 Å². The summed E-state index contributed by atoms with van der Waals surface area (Å²) in [4.78, 5) is 173. The van der Waals surface area contributed by atoms with Gasteiger partial charge in [-0.3, -0.25) is 67.5 Å². The highest BCUT2D eigenvalue weighted by Crippen LogP contribution is 2.20. The van der Waals surface area contributed by atoms with Gasteiger partial charge < -0.3 is 97.7 Å². The second-order valence-electron chi connectivity index (χ2n) is 22.9. The molecule has 32 nitrogen and oxygen atoms in total. The average Bonchev–Trinajstić information content (AvgIpc) is 2.00. The van der Waals surface area contributed by atoms with Crippen LogP contribution in [0.3, 0.4) is 0 Å². The Bertz CT molecular complexity index is 3070. The molecule has 0 fully saturated rings. The normalized spacial score (nSPS) is 14.4. The fourth-order valence-corrected chi connectivity index (χ4v) is 9.22. The Hall–Kier alpha value is -9.88. The second-order valence-corrected chi connectivity index (χ2v) is 22.9. The third kappa shape index (κ3) is 25.6. The number of nitrogens with zero attached hydrogens (tertiary/aromatic N) is 2. The summed E-state index contributed by atoms with van der Waals surface area (Å²) in [6, 6.07) is 2.09. The van der Waals surface area contributed by atoms with Crippen LogP contribution in [0, 0.1) is 17.8 Å². The fourth-order valence-electron chi connectivity index (χ4n) is 9.22. The number of carbonyl (C=O) groups is 12. The number of hydrogen-bond donors (Lipinski definition) is 18. The van der Waals surface area contributed by atoms with Crippen molar-refractivity contribution in [2.75, 3.05) is 19.6 Å². The molecule has 3 aromatic rings. The molecule has 0 radical (unpaired) electrons. The van der Waals surface area contributed by atoms with E-state index in [1.54, 1.807) is 102 Å². The number of primary amides is 1. The summed E-state index contributed by atoms with van der Waals surface area (Å²) in [6.45, 7) is 12.2. The molecule has 11 amide bonds. The standard InChI is InChI=1S/C59H91N19O13/c1-29(2)45(77-57(91)47(31(5)6)78-56(90)46(30(3)4)76-52(86)39(21-15-23-67-59(64)65)72-51(85)38(71-43(79)27-60)20-14-22-66-58(62)63)55(89)70-33(8)50(84)74-41(24-34-16-10-9-11-17-34)53(87)69-32(7)49(83)75-42(54(88)73-40(48(61)82)26-44(80)81)25-35-28-68-37-19-13-12-18-36(35)37/h9-13,16-19,28-33,38-42,45-47,68H,14-15,20-27,60H2,1-8H3,(H2,61,82)(H,69,87)(H,70,89)(H,71,79)(H,72,85)(H,73,88)(H,74,84)(H,75,83)(H,76,86)(H,77,91)(H,78,90)(H,80,81)(H4,62,63,66)(H4,64,65,67)/t32-,33-,38-,39-,40-,41-,42-,45-,46-,47-/m0/s1. The topological polar surface area (TPSA) is 542 Å². The molecule has 0 saturated carbocycles. The molecule has 0 spiro atoms. The summed E-state index contributed by atoms with van der Waals surface area (Å²) < 4.78 is 0. The van der Waals surface area contributed by atoms with Crippen LogP contribution in [0.2, 0.25) is 0 Å². The molecule has 91 heavy (non-hydrogen) atoms. The lowest BCUT2D eigenvalue weighted by Crippen LogP contribution is -2.62. The number of carboxylic acid groups (broad SMARTS) is 1. The number of aliphatic imine (C=N–C) groups is 2. The van der Waals surface area contributed by atoms with Gasteiger partial charge in [0.2, 0.25) is 65.0 Å². The first-order valence-corrected chi connectivity index (χ1v) is 29.8. The Morgan fingerprint density at radius 1 is 0.462 bits per heavy atom. The van der Waals surface area contributed by atoms with E-state index in [-0.39, 0.29) is 63.5 Å². The molecule has 2 aromatic carbocycles. The zero-order chi connectivity index (χ0) is 68.2. The molecule has 0 saturated heterocycles. The van der Waals surface area contributed by atoms with Gasteiger partial charge in [-0.25, -0.2) is 0 Å². The molecule has 0 unspecified atom stereocenters. The van der Waals surface area contributed by atoms with Gasteiger partial charge >= 0.3 is 5.97 Å². The lowest BCUT2D eigenvalue weighted by Gasteiger charge is -2.30. The number of aromatic amines is 1. The molecule has 1 aromatic heterocycles. The first-order valence-electron chi connectivity index (χ1n) is 29.8. The van der Waals surface area contributed by atoms with Crippen LogP contribution >= 0.6 is 0 Å². The van der Waals surface area contributed by atoms with E-state index in [1.165, 1.54) is 13.8 Å². The van der Waals surface area contributed by atoms with Crippen LogP contribution in [0.25, 0.3) is 10.9 Å². The second kappa shape index (κ2) is 37.2. The van der Waals surface area contributed by atoms with Crippen molar-refractivity contribution in [2.45, 2.75) is 161 Å². The molecular weight excluding hydrogens is 1180 g/mol. The first kappa shape index (κ1) is 75.4. The SMILES string of the molecule is CC(C)[C@H](NC(=O)[C@H](CCCN=C(N)N)NC(=O)[C@H](CCCN=C(N)N)NC(=O)CN)C(=O)N[C@H](C(=O)N[C@H](C(=O)N[C@@H](C)C(=O)N[C@@H](Cc1ccccc1)C(=O)N[C@@H](C)C(=O)N[C@@H](Cc1c[nH]c2ccccc12)C(=O)N[C@@H](CC(=O)O)C(N)=O)C(C)C)C(C)C. The fraction of sp³-hybridized carbons (Fsp3) is 0.525. The first-order chi connectivity index (χ1) is 42.8. The van der Waals surface area contributed by atoms with Gasteiger partial charge in [0, 0.05) is 43.0 Å². The Balaban J connectivity index is 1.80. The quantitative estimate of drug-likeness (QED) is 0.0147. The predicted molar refractivity (Wildman–Crippen MR) is 338 cm³/mol. The van der Waals surface area contributed by atoms with Crippen LogP contribution in [0.1, 0.15) is 98.6 Å². The van der Waals surface area contributed by atoms with E-state index < -0.39 is 162 Å². The Morgan fingerprint density at radius 3 is 1.33 bits per heavy atom. The zero-order valence-electron chi connectivity index (χ0n) is 52.6. The number of nitrogens with two attached hydrogens (primary N) is 6. The lowest BCUT2D eigenvalue weighted by molar-refractivity contribution is -0.140. The van der Waals surface area contributed by atoms with Gasteiger partial charge in [0.1, 0.15) is 60.4 Å². The van der Waals surface area contributed by atoms with E-state index >= 15 is 0 Å². The van der Waals surface area contributed by atoms with Crippen molar-refractivity contribution in [3.05, 3.63) is 71.9 Å². The largest absolute Gasteiger partial charge is 0.481 e. The van der Waals surface area contributed by atoms with Crippen LogP contribution in [-0.2, 0) is 70.4 Å². The number of benzene rings is 2. The Labute approximate surface area is 527 Å². The van der Waals surface area contributed by atoms with Crippen LogP contribution in [0.5, 0.6) is 0 Å². The van der Waals surface area contributed by atoms with E-state index in [9.17, 15) is 62.6 Å². The van der Waals surface area contributed by atoms with Crippen LogP contribution in [0.4, 0.5) is 0 Å². The van der Waals surface area contributed by atoms with Crippen molar-refractivity contribution in [1.82, 2.24) is 58.2 Å². The van der Waals surface area contributed by atoms with Crippen molar-refractivity contribution in [2.24, 2.45) is 62.1 Å². The summed E-state index contributed by atoms with van der Waals surface area (Å²) in [6.07, 6.45) is 0.968. The number of aromatic nitrogens is 1. The number of aliphatic carboxylic acids is 1. The molecular formula is C59H91N19O13. The smallest absolute Gasteiger partial charge is 0.305 e. The lowest BCUT2D eigenvalue weighted by atomic mass is 9.97. The number of amides is 11. The minimum Gasteiger partial charge on any atom is -0.481 e. The minimum atomic E-state index is -1.63. The maximum Gasteiger partial charge on any atom is 0.305 e. The summed E-state index contributed by atoms with van der Waals surface area (Å²) in [5.74, 6) is -12.9. The third-order valence-corrected chi connectivity index (χ3v) is 14.3. The van der Waals surface area contributed by atoms with Gasteiger partial charge in [-0.2, -0.15) is 0 Å². The van der Waals surface area contributed by atoms with Gasteiger partial charge in [-0.05, 0) is 74.5 Å². The summed E-state index contributed by atoms with van der Waals surface area (Å²) in [5.41, 5.74) is 34.6. The number of para-hydroxylation sites is 1. The van der Waals surface area contributed by atoms with E-state index in [0.717, 1.165) is 0 Å². The molecule has 0 aliphatic rings. The van der Waals surface area contributed by atoms with Gasteiger partial charge in [0.25, 0.3) is 0 Å². The average molecular weight is 1270 g/mol. The number of carboxylic acids is 1. The highest BCUT2D eigenvalue weighted by atomic mass is 16.4. The number of guanidine groups is 2. The maximum atomic E-state index is 14.2. The van der Waals surface area contributed by atoms with Crippen molar-refractivity contribution < 1.29 is 62.6 Å². The number of fused-ring (bicyclic) bond motifs is 1. The monoisotopic (exact) mass is 1270 g/mol. The van der Waals surface area contributed by atoms with Crippen molar-refractivity contribution >= 4 is 93.8 Å². The van der Waals surface area contributed by atoms with Crippen molar-refractivity contribution in [1.29, 1.82) is 0 Å². The van der Waals surface area contributed by atoms with E-state index in [4.69, 9.17) is 34.4 Å². The summed E-state index contributed by atoms with van der Waals surface area (Å²) in [5, 5.41) is 35.9. The van der Waals surface area contributed by atoms with Gasteiger partial charge in [-0.1, -0.05) is 90.1 Å². The number of hydrogen-bond acceptors (Lipinski definition) is 15. The van der Waals surface area contributed by atoms with Gasteiger partial charge in [0.05, 0.1) is 13.0 Å². The highest BCUT2D eigenvalue weighted by Gasteiger charge is 2.37. The number of carbonyl (C=O) groups excluding carboxylic acids is 11.